The second kappa shape index (κ2) is 7.18. The minimum absolute atomic E-state index is 0.612. The van der Waals surface area contributed by atoms with Crippen molar-refractivity contribution in [2.75, 3.05) is 13.1 Å². The molecule has 3 rings (SSSR count). The van der Waals surface area contributed by atoms with Gasteiger partial charge in [0.15, 0.2) is 0 Å². The zero-order valence-corrected chi connectivity index (χ0v) is 13.5. The van der Waals surface area contributed by atoms with E-state index in [4.69, 9.17) is 0 Å². The number of aryl methyl sites for hydroxylation is 1. The Morgan fingerprint density at radius 3 is 3.19 bits per heavy atom. The molecule has 0 radical (unpaired) electrons. The molecule has 0 aliphatic carbocycles. The number of rotatable bonds is 6. The van der Waals surface area contributed by atoms with Gasteiger partial charge in [-0.05, 0) is 25.8 Å². The Kier molecular flexibility index (Phi) is 5.04. The van der Waals surface area contributed by atoms with Crippen LogP contribution in [0.25, 0.3) is 0 Å². The molecule has 1 fully saturated rings. The van der Waals surface area contributed by atoms with Gasteiger partial charge in [0.25, 0.3) is 0 Å². The topological polar surface area (TPSA) is 44.8 Å². The van der Waals surface area contributed by atoms with Crippen LogP contribution in [0.15, 0.2) is 17.8 Å². The molecule has 1 atom stereocenters. The predicted octanol–water partition coefficient (Wildman–Crippen LogP) is 3.59. The van der Waals surface area contributed by atoms with Gasteiger partial charge in [-0.3, -0.25) is 4.90 Å². The minimum atomic E-state index is 0.612. The van der Waals surface area contributed by atoms with Gasteiger partial charge in [-0.25, -0.2) is 9.97 Å². The molecule has 0 saturated carbocycles. The van der Waals surface area contributed by atoms with Gasteiger partial charge in [0.1, 0.15) is 5.82 Å². The Hall–Kier alpha value is -1.20. The van der Waals surface area contributed by atoms with Crippen LogP contribution in [-0.4, -0.2) is 32.9 Å². The van der Waals surface area contributed by atoms with Gasteiger partial charge in [-0.1, -0.05) is 13.3 Å². The highest BCUT2D eigenvalue weighted by molar-refractivity contribution is 7.09. The predicted molar refractivity (Wildman–Crippen MR) is 86.6 cm³/mol. The first-order valence-corrected chi connectivity index (χ1v) is 8.87. The van der Waals surface area contributed by atoms with Crippen molar-refractivity contribution in [3.63, 3.8) is 0 Å². The van der Waals surface area contributed by atoms with Gasteiger partial charge in [0.2, 0.25) is 0 Å². The highest BCUT2D eigenvalue weighted by Gasteiger charge is 2.23. The Morgan fingerprint density at radius 1 is 1.43 bits per heavy atom. The first kappa shape index (κ1) is 14.7. The number of hydrogen-bond donors (Lipinski definition) is 1. The molecule has 2 aromatic heterocycles. The molecular formula is C16H24N4S. The summed E-state index contributed by atoms with van der Waals surface area (Å²) in [5, 5.41) is 3.39. The summed E-state index contributed by atoms with van der Waals surface area (Å²) < 4.78 is 0. The van der Waals surface area contributed by atoms with E-state index < -0.39 is 0 Å². The molecule has 0 aromatic carbocycles. The zero-order valence-electron chi connectivity index (χ0n) is 12.7. The molecular weight excluding hydrogens is 280 g/mol. The fourth-order valence-electron chi connectivity index (χ4n) is 3.04. The molecule has 0 amide bonds. The van der Waals surface area contributed by atoms with E-state index in [1.807, 2.05) is 12.4 Å². The summed E-state index contributed by atoms with van der Waals surface area (Å²) in [4.78, 5) is 15.0. The molecule has 0 spiro atoms. The standard InChI is InChI=1S/C16H24N4S/c1-2-3-6-15-18-10-14(19-15)12-20-8-4-5-13(11-20)16-17-7-9-21-16/h7,9-10,13H,2-6,8,11-12H2,1H3,(H,18,19)/t13-/m1/s1. The third-order valence-corrected chi connectivity index (χ3v) is 5.09. The van der Waals surface area contributed by atoms with E-state index in [0.717, 1.165) is 25.3 Å². The fraction of sp³-hybridized carbons (Fsp3) is 0.625. The Labute approximate surface area is 130 Å². The van der Waals surface area contributed by atoms with Gasteiger partial charge in [0, 0.05) is 48.9 Å². The van der Waals surface area contributed by atoms with E-state index in [2.05, 4.69) is 32.2 Å². The molecule has 5 heteroatoms. The SMILES string of the molecule is CCCCc1ncc(CN2CCC[C@@H](c3nccs3)C2)[nH]1. The summed E-state index contributed by atoms with van der Waals surface area (Å²) in [5.41, 5.74) is 1.25. The van der Waals surface area contributed by atoms with Crippen molar-refractivity contribution in [2.45, 2.75) is 51.5 Å². The highest BCUT2D eigenvalue weighted by Crippen LogP contribution is 2.28. The lowest BCUT2D eigenvalue weighted by molar-refractivity contribution is 0.198. The van der Waals surface area contributed by atoms with E-state index >= 15 is 0 Å². The third-order valence-electron chi connectivity index (χ3n) is 4.15. The molecule has 0 bridgehead atoms. The van der Waals surface area contributed by atoms with E-state index in [1.54, 1.807) is 11.3 Å². The summed E-state index contributed by atoms with van der Waals surface area (Å²) in [6.45, 7) is 5.51. The second-order valence-electron chi connectivity index (χ2n) is 5.90. The van der Waals surface area contributed by atoms with Gasteiger partial charge >= 0.3 is 0 Å². The molecule has 2 aromatic rings. The quantitative estimate of drug-likeness (QED) is 0.887. The number of hydrogen-bond acceptors (Lipinski definition) is 4. The maximum atomic E-state index is 4.50. The van der Waals surface area contributed by atoms with Crippen molar-refractivity contribution in [3.05, 3.63) is 34.3 Å². The van der Waals surface area contributed by atoms with Crippen molar-refractivity contribution in [3.8, 4) is 0 Å². The van der Waals surface area contributed by atoms with Crippen molar-refractivity contribution in [2.24, 2.45) is 0 Å². The van der Waals surface area contributed by atoms with E-state index in [0.29, 0.717) is 5.92 Å². The monoisotopic (exact) mass is 304 g/mol. The minimum Gasteiger partial charge on any atom is -0.345 e. The van der Waals surface area contributed by atoms with Crippen LogP contribution in [0.1, 0.15) is 55.1 Å². The van der Waals surface area contributed by atoms with E-state index in [-0.39, 0.29) is 0 Å². The van der Waals surface area contributed by atoms with Crippen LogP contribution in [-0.2, 0) is 13.0 Å². The van der Waals surface area contributed by atoms with Crippen LogP contribution in [0.2, 0.25) is 0 Å². The molecule has 1 saturated heterocycles. The summed E-state index contributed by atoms with van der Waals surface area (Å²) in [6.07, 6.45) is 9.97. The maximum Gasteiger partial charge on any atom is 0.106 e. The average molecular weight is 304 g/mol. The summed E-state index contributed by atoms with van der Waals surface area (Å²) in [5.74, 6) is 1.75. The van der Waals surface area contributed by atoms with Gasteiger partial charge in [-0.15, -0.1) is 11.3 Å². The van der Waals surface area contributed by atoms with Gasteiger partial charge in [-0.2, -0.15) is 0 Å². The number of likely N-dealkylation sites (tertiary alicyclic amines) is 1. The number of unbranched alkanes of at least 4 members (excludes halogenated alkanes) is 1. The maximum absolute atomic E-state index is 4.50. The van der Waals surface area contributed by atoms with Crippen molar-refractivity contribution in [1.82, 2.24) is 19.9 Å². The van der Waals surface area contributed by atoms with Crippen LogP contribution < -0.4 is 0 Å². The van der Waals surface area contributed by atoms with E-state index in [9.17, 15) is 0 Å². The number of imidazole rings is 1. The largest absolute Gasteiger partial charge is 0.345 e. The summed E-state index contributed by atoms with van der Waals surface area (Å²) >= 11 is 1.79. The number of aromatic amines is 1. The molecule has 1 N–H and O–H groups in total. The number of H-pyrrole nitrogens is 1. The van der Waals surface area contributed by atoms with Crippen LogP contribution in [0.5, 0.6) is 0 Å². The van der Waals surface area contributed by atoms with E-state index in [1.165, 1.54) is 42.9 Å². The average Bonchev–Trinajstić information content (AvgIpc) is 3.17. The first-order chi connectivity index (χ1) is 10.3. The Bertz CT molecular complexity index is 534. The normalized spacial score (nSPS) is 20.0. The number of thiazole rings is 1. The lowest BCUT2D eigenvalue weighted by Crippen LogP contribution is -2.33. The van der Waals surface area contributed by atoms with Gasteiger partial charge in [0.05, 0.1) is 5.01 Å². The van der Waals surface area contributed by atoms with Crippen molar-refractivity contribution in [1.29, 1.82) is 0 Å². The second-order valence-corrected chi connectivity index (χ2v) is 6.83. The van der Waals surface area contributed by atoms with Crippen LogP contribution in [0.4, 0.5) is 0 Å². The molecule has 1 aliphatic heterocycles. The van der Waals surface area contributed by atoms with Gasteiger partial charge < -0.3 is 4.98 Å². The summed E-state index contributed by atoms with van der Waals surface area (Å²) in [6, 6.07) is 0. The van der Waals surface area contributed by atoms with Crippen molar-refractivity contribution >= 4 is 11.3 Å². The molecule has 1 aliphatic rings. The number of aromatic nitrogens is 3. The molecule has 3 heterocycles. The highest BCUT2D eigenvalue weighted by atomic mass is 32.1. The van der Waals surface area contributed by atoms with Crippen LogP contribution in [0.3, 0.4) is 0 Å². The third kappa shape index (κ3) is 3.92. The molecule has 4 nitrogen and oxygen atoms in total. The smallest absolute Gasteiger partial charge is 0.106 e. The molecule has 0 unspecified atom stereocenters. The lowest BCUT2D eigenvalue weighted by Gasteiger charge is -2.31. The summed E-state index contributed by atoms with van der Waals surface area (Å²) in [7, 11) is 0. The van der Waals surface area contributed by atoms with Crippen LogP contribution >= 0.6 is 11.3 Å². The van der Waals surface area contributed by atoms with Crippen LogP contribution in [0, 0.1) is 0 Å². The number of nitrogens with zero attached hydrogens (tertiary/aromatic N) is 3. The van der Waals surface area contributed by atoms with Crippen molar-refractivity contribution < 1.29 is 0 Å². The Balaban J connectivity index is 1.56. The number of piperidine rings is 1. The fourth-order valence-corrected chi connectivity index (χ4v) is 3.80. The number of nitrogens with one attached hydrogen (secondary N) is 1. The zero-order chi connectivity index (χ0) is 14.5. The molecule has 21 heavy (non-hydrogen) atoms. The molecule has 114 valence electrons. The lowest BCUT2D eigenvalue weighted by atomic mass is 9.99. The Morgan fingerprint density at radius 2 is 2.38 bits per heavy atom. The first-order valence-electron chi connectivity index (χ1n) is 7.99.